The van der Waals surface area contributed by atoms with Crippen LogP contribution in [0.25, 0.3) is 0 Å². The van der Waals surface area contributed by atoms with Gasteiger partial charge in [0.1, 0.15) is 11.0 Å². The third kappa shape index (κ3) is 5.67. The lowest BCUT2D eigenvalue weighted by Gasteiger charge is -2.08. The van der Waals surface area contributed by atoms with Gasteiger partial charge in [-0.1, -0.05) is 25.4 Å². The molecule has 0 radical (unpaired) electrons. The van der Waals surface area contributed by atoms with Crippen molar-refractivity contribution in [3.05, 3.63) is 11.2 Å². The van der Waals surface area contributed by atoms with Gasteiger partial charge >= 0.3 is 0 Å². The average molecular weight is 272 g/mol. The summed E-state index contributed by atoms with van der Waals surface area (Å²) in [5.41, 5.74) is 5.45. The van der Waals surface area contributed by atoms with E-state index in [1.165, 1.54) is 0 Å². The first-order valence-corrected chi connectivity index (χ1v) is 6.16. The Balaban J connectivity index is 2.30. The van der Waals surface area contributed by atoms with Crippen molar-refractivity contribution in [3.8, 4) is 0 Å². The fraction of sp³-hybridized carbons (Fsp3) is 0.545. The molecule has 18 heavy (non-hydrogen) atoms. The minimum absolute atomic E-state index is 0.00400. The fourth-order valence-corrected chi connectivity index (χ4v) is 1.43. The van der Waals surface area contributed by atoms with Crippen molar-refractivity contribution in [2.45, 2.75) is 20.3 Å². The molecule has 7 heteroatoms. The van der Waals surface area contributed by atoms with Crippen LogP contribution >= 0.6 is 11.6 Å². The zero-order valence-electron chi connectivity index (χ0n) is 10.5. The van der Waals surface area contributed by atoms with Gasteiger partial charge in [0.15, 0.2) is 0 Å². The van der Waals surface area contributed by atoms with E-state index in [1.807, 2.05) is 13.8 Å². The van der Waals surface area contributed by atoms with Gasteiger partial charge < -0.3 is 16.4 Å². The molecule has 0 saturated carbocycles. The maximum absolute atomic E-state index is 11.4. The number of nitrogens with one attached hydrogen (secondary N) is 2. The van der Waals surface area contributed by atoms with Crippen LogP contribution in [0, 0.1) is 5.92 Å². The molecule has 4 N–H and O–H groups in total. The highest BCUT2D eigenvalue weighted by atomic mass is 35.5. The van der Waals surface area contributed by atoms with E-state index in [0.717, 1.165) is 0 Å². The van der Waals surface area contributed by atoms with Crippen molar-refractivity contribution in [3.63, 3.8) is 0 Å². The normalized spacial score (nSPS) is 10.4. The van der Waals surface area contributed by atoms with Crippen LogP contribution in [0.15, 0.2) is 6.07 Å². The summed E-state index contributed by atoms with van der Waals surface area (Å²) in [4.78, 5) is 19.1. The lowest BCUT2D eigenvalue weighted by Crippen LogP contribution is -2.28. The number of nitrogens with zero attached hydrogens (tertiary/aromatic N) is 2. The molecule has 0 aliphatic rings. The number of carbonyl (C=O) groups is 1. The highest BCUT2D eigenvalue weighted by Crippen LogP contribution is 2.12. The van der Waals surface area contributed by atoms with Crippen LogP contribution in [0.5, 0.6) is 0 Å². The molecule has 0 bridgehead atoms. The Morgan fingerprint density at radius 2 is 2.22 bits per heavy atom. The van der Waals surface area contributed by atoms with Gasteiger partial charge in [-0.2, -0.15) is 4.98 Å². The zero-order valence-corrected chi connectivity index (χ0v) is 11.3. The van der Waals surface area contributed by atoms with Crippen LogP contribution in [-0.2, 0) is 4.79 Å². The molecule has 0 spiro atoms. The predicted octanol–water partition coefficient (Wildman–Crippen LogP) is 1.29. The van der Waals surface area contributed by atoms with E-state index >= 15 is 0 Å². The smallest absolute Gasteiger partial charge is 0.223 e. The summed E-state index contributed by atoms with van der Waals surface area (Å²) in [6.45, 7) is 5.25. The third-order valence-corrected chi connectivity index (χ3v) is 2.27. The minimum atomic E-state index is 0.00400. The van der Waals surface area contributed by atoms with E-state index in [4.69, 9.17) is 17.3 Å². The number of hydrogen-bond acceptors (Lipinski definition) is 5. The minimum Gasteiger partial charge on any atom is -0.369 e. The number of nitrogen functional groups attached to an aromatic ring is 1. The van der Waals surface area contributed by atoms with Crippen LogP contribution in [0.4, 0.5) is 11.8 Å². The number of carbonyl (C=O) groups excluding carboxylic acids is 1. The van der Waals surface area contributed by atoms with Gasteiger partial charge in [-0.05, 0) is 5.92 Å². The Kier molecular flexibility index (Phi) is 5.64. The van der Waals surface area contributed by atoms with Crippen LogP contribution in [0.3, 0.4) is 0 Å². The molecule has 0 unspecified atom stereocenters. The molecular weight excluding hydrogens is 254 g/mol. The monoisotopic (exact) mass is 271 g/mol. The number of amides is 1. The van der Waals surface area contributed by atoms with Gasteiger partial charge in [-0.15, -0.1) is 0 Å². The molecule has 1 rings (SSSR count). The molecule has 0 aromatic carbocycles. The second-order valence-electron chi connectivity index (χ2n) is 4.31. The molecule has 0 fully saturated rings. The van der Waals surface area contributed by atoms with Crippen molar-refractivity contribution in [1.29, 1.82) is 0 Å². The second kappa shape index (κ2) is 7.00. The molecular formula is C11H18ClN5O. The average Bonchev–Trinajstić information content (AvgIpc) is 2.25. The molecule has 1 aromatic rings. The molecule has 0 saturated heterocycles. The van der Waals surface area contributed by atoms with Crippen LogP contribution in [0.1, 0.15) is 20.3 Å². The number of anilines is 2. The molecule has 1 heterocycles. The largest absolute Gasteiger partial charge is 0.369 e. The summed E-state index contributed by atoms with van der Waals surface area (Å²) in [7, 11) is 0. The third-order valence-electron chi connectivity index (χ3n) is 2.08. The zero-order chi connectivity index (χ0) is 13.5. The van der Waals surface area contributed by atoms with E-state index in [2.05, 4.69) is 20.6 Å². The topological polar surface area (TPSA) is 92.9 Å². The van der Waals surface area contributed by atoms with Crippen LogP contribution < -0.4 is 16.4 Å². The number of hydrogen-bond donors (Lipinski definition) is 3. The van der Waals surface area contributed by atoms with Gasteiger partial charge in [0.2, 0.25) is 11.9 Å². The Bertz CT molecular complexity index is 390. The maximum atomic E-state index is 11.4. The van der Waals surface area contributed by atoms with E-state index in [0.29, 0.717) is 31.2 Å². The number of rotatable bonds is 6. The van der Waals surface area contributed by atoms with Crippen molar-refractivity contribution in [1.82, 2.24) is 15.3 Å². The Hall–Kier alpha value is -1.56. The lowest BCUT2D eigenvalue weighted by atomic mass is 10.2. The van der Waals surface area contributed by atoms with E-state index < -0.39 is 0 Å². The first kappa shape index (κ1) is 14.5. The van der Waals surface area contributed by atoms with E-state index in [1.54, 1.807) is 6.07 Å². The van der Waals surface area contributed by atoms with Gasteiger partial charge in [-0.3, -0.25) is 4.79 Å². The molecule has 6 nitrogen and oxygen atoms in total. The number of halogens is 1. The van der Waals surface area contributed by atoms with Crippen molar-refractivity contribution in [2.24, 2.45) is 5.92 Å². The summed E-state index contributed by atoms with van der Waals surface area (Å²) in [6, 6.07) is 1.56. The van der Waals surface area contributed by atoms with Crippen LogP contribution in [0.2, 0.25) is 5.15 Å². The SMILES string of the molecule is CC(C)CNC(=O)CCNc1cc(Cl)nc(N)n1. The van der Waals surface area contributed by atoms with Gasteiger partial charge in [0, 0.05) is 25.6 Å². The highest BCUT2D eigenvalue weighted by Gasteiger charge is 2.03. The lowest BCUT2D eigenvalue weighted by molar-refractivity contribution is -0.120. The molecule has 0 atom stereocenters. The number of aromatic nitrogens is 2. The van der Waals surface area contributed by atoms with Crippen molar-refractivity contribution >= 4 is 29.3 Å². The Morgan fingerprint density at radius 3 is 2.83 bits per heavy atom. The summed E-state index contributed by atoms with van der Waals surface area (Å²) in [6.07, 6.45) is 0.369. The Morgan fingerprint density at radius 1 is 1.50 bits per heavy atom. The van der Waals surface area contributed by atoms with E-state index in [-0.39, 0.29) is 17.0 Å². The summed E-state index contributed by atoms with van der Waals surface area (Å²) >= 11 is 5.73. The summed E-state index contributed by atoms with van der Waals surface area (Å²) in [5.74, 6) is 1.07. The standard InChI is InChI=1S/C11H18ClN5O/c1-7(2)6-15-10(18)3-4-14-9-5-8(12)16-11(13)17-9/h5,7H,3-4,6H2,1-2H3,(H,15,18)(H3,13,14,16,17). The Labute approximate surface area is 111 Å². The van der Waals surface area contributed by atoms with Crippen molar-refractivity contribution < 1.29 is 4.79 Å². The summed E-state index contributed by atoms with van der Waals surface area (Å²) in [5, 5.41) is 6.07. The van der Waals surface area contributed by atoms with Crippen molar-refractivity contribution in [2.75, 3.05) is 24.1 Å². The first-order valence-electron chi connectivity index (χ1n) is 5.78. The molecule has 0 aliphatic heterocycles. The molecule has 1 aromatic heterocycles. The summed E-state index contributed by atoms with van der Waals surface area (Å²) < 4.78 is 0. The second-order valence-corrected chi connectivity index (χ2v) is 4.70. The molecule has 100 valence electrons. The molecule has 1 amide bonds. The quantitative estimate of drug-likeness (QED) is 0.678. The van der Waals surface area contributed by atoms with Gasteiger partial charge in [0.25, 0.3) is 0 Å². The van der Waals surface area contributed by atoms with Gasteiger partial charge in [0.05, 0.1) is 0 Å². The predicted molar refractivity (Wildman–Crippen MR) is 72.4 cm³/mol. The maximum Gasteiger partial charge on any atom is 0.223 e. The first-order chi connectivity index (χ1) is 8.47. The van der Waals surface area contributed by atoms with Gasteiger partial charge in [-0.25, -0.2) is 4.98 Å². The fourth-order valence-electron chi connectivity index (χ4n) is 1.24. The highest BCUT2D eigenvalue weighted by molar-refractivity contribution is 6.29. The number of nitrogens with two attached hydrogens (primary N) is 1. The van der Waals surface area contributed by atoms with E-state index in [9.17, 15) is 4.79 Å². The molecule has 0 aliphatic carbocycles. The van der Waals surface area contributed by atoms with Crippen LogP contribution in [-0.4, -0.2) is 29.0 Å².